The van der Waals surface area contributed by atoms with Crippen LogP contribution in [0.1, 0.15) is 15.9 Å². The lowest BCUT2D eigenvalue weighted by Gasteiger charge is -2.10. The molecule has 0 aliphatic heterocycles. The first-order valence-corrected chi connectivity index (χ1v) is 11.5. The normalized spacial score (nSPS) is 11.2. The Morgan fingerprint density at radius 2 is 1.70 bits per heavy atom. The van der Waals surface area contributed by atoms with E-state index in [0.29, 0.717) is 27.9 Å². The monoisotopic (exact) mass is 519 g/mol. The maximum atomic E-state index is 12.6. The summed E-state index contributed by atoms with van der Waals surface area (Å²) < 4.78 is 8.14. The van der Waals surface area contributed by atoms with E-state index < -0.39 is 5.97 Å². The van der Waals surface area contributed by atoms with Crippen LogP contribution in [0.25, 0.3) is 32.9 Å². The van der Waals surface area contributed by atoms with Crippen LogP contribution in [0, 0.1) is 0 Å². The molecule has 164 valence electrons. The third-order valence-corrected chi connectivity index (χ3v) is 6.53. The summed E-state index contributed by atoms with van der Waals surface area (Å²) in [6.07, 6.45) is 0. The number of ether oxygens (including phenoxy) is 1. The fourth-order valence-electron chi connectivity index (χ4n) is 4.32. The Bertz CT molecular complexity index is 1520. The summed E-state index contributed by atoms with van der Waals surface area (Å²) >= 11 is 9.61. The predicted octanol–water partition coefficient (Wildman–Crippen LogP) is 7.42. The van der Waals surface area contributed by atoms with Crippen LogP contribution in [0.5, 0.6) is 5.75 Å². The molecule has 0 radical (unpaired) electrons. The third kappa shape index (κ3) is 3.88. The van der Waals surface area contributed by atoms with Crippen molar-refractivity contribution < 1.29 is 14.6 Å². The van der Waals surface area contributed by atoms with Crippen molar-refractivity contribution in [1.82, 2.24) is 4.57 Å². The minimum atomic E-state index is -0.441. The molecule has 1 N–H and O–H groups in total. The Morgan fingerprint density at radius 1 is 0.939 bits per heavy atom. The van der Waals surface area contributed by atoms with Crippen LogP contribution >= 0.6 is 27.5 Å². The van der Waals surface area contributed by atoms with Crippen LogP contribution in [-0.2, 0) is 11.3 Å². The highest BCUT2D eigenvalue weighted by molar-refractivity contribution is 9.10. The van der Waals surface area contributed by atoms with Crippen molar-refractivity contribution in [2.45, 2.75) is 6.54 Å². The number of carbonyl (C=O) groups excluding carboxylic acids is 1. The molecule has 1 heterocycles. The molecule has 0 amide bonds. The van der Waals surface area contributed by atoms with Gasteiger partial charge in [-0.15, -0.1) is 0 Å². The maximum absolute atomic E-state index is 12.6. The molecule has 0 fully saturated rings. The highest BCUT2D eigenvalue weighted by Crippen LogP contribution is 2.41. The van der Waals surface area contributed by atoms with Gasteiger partial charge in [-0.05, 0) is 65.2 Å². The Balaban J connectivity index is 1.84. The number of carbonyl (C=O) groups is 1. The van der Waals surface area contributed by atoms with E-state index in [0.717, 1.165) is 32.2 Å². The molecule has 4 aromatic carbocycles. The van der Waals surface area contributed by atoms with Gasteiger partial charge in [0.2, 0.25) is 0 Å². The zero-order valence-electron chi connectivity index (χ0n) is 17.7. The summed E-state index contributed by atoms with van der Waals surface area (Å²) in [4.78, 5) is 12.6. The number of nitrogens with zero attached hydrogens (tertiary/aromatic N) is 1. The summed E-state index contributed by atoms with van der Waals surface area (Å²) in [7, 11) is 1.36. The van der Waals surface area contributed by atoms with Crippen LogP contribution in [0.15, 0.2) is 83.3 Å². The van der Waals surface area contributed by atoms with E-state index in [4.69, 9.17) is 16.3 Å². The van der Waals surface area contributed by atoms with Crippen molar-refractivity contribution in [3.05, 3.63) is 99.5 Å². The topological polar surface area (TPSA) is 51.5 Å². The van der Waals surface area contributed by atoms with Gasteiger partial charge in [-0.3, -0.25) is 0 Å². The Kier molecular flexibility index (Phi) is 5.60. The Labute approximate surface area is 204 Å². The quantitative estimate of drug-likeness (QED) is 0.251. The van der Waals surface area contributed by atoms with E-state index in [9.17, 15) is 9.90 Å². The number of aromatic nitrogens is 1. The molecule has 0 saturated carbocycles. The van der Waals surface area contributed by atoms with Crippen LogP contribution in [0.3, 0.4) is 0 Å². The van der Waals surface area contributed by atoms with Gasteiger partial charge in [0.25, 0.3) is 0 Å². The Hall–Kier alpha value is -3.28. The highest BCUT2D eigenvalue weighted by Gasteiger charge is 2.21. The molecule has 5 aromatic rings. The van der Waals surface area contributed by atoms with Crippen molar-refractivity contribution >= 4 is 55.3 Å². The van der Waals surface area contributed by atoms with Gasteiger partial charge in [0.15, 0.2) is 0 Å². The van der Waals surface area contributed by atoms with Crippen molar-refractivity contribution in [3.8, 4) is 16.9 Å². The molecule has 0 aliphatic carbocycles. The van der Waals surface area contributed by atoms with Gasteiger partial charge >= 0.3 is 5.97 Å². The minimum Gasteiger partial charge on any atom is -0.507 e. The first-order valence-electron chi connectivity index (χ1n) is 10.3. The van der Waals surface area contributed by atoms with Crippen molar-refractivity contribution in [1.29, 1.82) is 0 Å². The van der Waals surface area contributed by atoms with Gasteiger partial charge in [0.05, 0.1) is 29.1 Å². The number of rotatable bonds is 4. The van der Waals surface area contributed by atoms with Gasteiger partial charge in [-0.25, -0.2) is 4.79 Å². The number of hydrogen-bond acceptors (Lipinski definition) is 3. The fourth-order valence-corrected chi connectivity index (χ4v) is 4.89. The second-order valence-corrected chi connectivity index (χ2v) is 9.16. The van der Waals surface area contributed by atoms with Crippen LogP contribution in [-0.4, -0.2) is 22.8 Å². The number of benzene rings is 4. The number of methoxy groups -OCH3 is 1. The maximum Gasteiger partial charge on any atom is 0.338 e. The van der Waals surface area contributed by atoms with Gasteiger partial charge < -0.3 is 14.4 Å². The molecule has 0 atom stereocenters. The zero-order chi connectivity index (χ0) is 23.1. The number of esters is 1. The molecule has 0 spiro atoms. The van der Waals surface area contributed by atoms with Gasteiger partial charge in [-0.1, -0.05) is 57.9 Å². The summed E-state index contributed by atoms with van der Waals surface area (Å²) in [5.74, 6) is -0.338. The number of halogens is 2. The molecule has 0 bridgehead atoms. The summed E-state index contributed by atoms with van der Waals surface area (Å²) in [6.45, 7) is 0.563. The number of phenolic OH excluding ortho intramolecular Hbond substituents is 1. The molecule has 1 aromatic heterocycles. The highest BCUT2D eigenvalue weighted by atomic mass is 79.9. The molecule has 6 heteroatoms. The van der Waals surface area contributed by atoms with Crippen LogP contribution in [0.4, 0.5) is 0 Å². The van der Waals surface area contributed by atoms with E-state index >= 15 is 0 Å². The SMILES string of the molecule is COC(=O)c1cccc2c1c1c(O)cc(-c3ccc(Cl)cc3)cc1n2Cc1cccc(Br)c1. The van der Waals surface area contributed by atoms with Gasteiger partial charge in [0.1, 0.15) is 5.75 Å². The average molecular weight is 521 g/mol. The van der Waals surface area contributed by atoms with Gasteiger partial charge in [-0.2, -0.15) is 0 Å². The molecular weight excluding hydrogens is 502 g/mol. The van der Waals surface area contributed by atoms with Crippen molar-refractivity contribution in [2.24, 2.45) is 0 Å². The first-order chi connectivity index (χ1) is 16.0. The minimum absolute atomic E-state index is 0.104. The molecular formula is C27H19BrClNO3. The molecule has 0 aliphatic rings. The second kappa shape index (κ2) is 8.58. The van der Waals surface area contributed by atoms with Crippen LogP contribution < -0.4 is 0 Å². The predicted molar refractivity (Wildman–Crippen MR) is 136 cm³/mol. The van der Waals surface area contributed by atoms with Gasteiger partial charge in [0, 0.05) is 21.4 Å². The van der Waals surface area contributed by atoms with E-state index in [1.807, 2.05) is 54.6 Å². The standard InChI is InChI=1S/C27H19BrClNO3/c1-33-27(32)21-6-3-7-22-25(21)26-23(30(22)15-16-4-2-5-19(28)12-16)13-18(14-24(26)31)17-8-10-20(29)11-9-17/h2-14,31H,15H2,1H3. The molecule has 5 rings (SSSR count). The Morgan fingerprint density at radius 3 is 2.42 bits per heavy atom. The number of hydrogen-bond donors (Lipinski definition) is 1. The van der Waals surface area contributed by atoms with Crippen LogP contribution in [0.2, 0.25) is 5.02 Å². The summed E-state index contributed by atoms with van der Waals surface area (Å²) in [5.41, 5.74) is 4.96. The lowest BCUT2D eigenvalue weighted by Crippen LogP contribution is -2.02. The van der Waals surface area contributed by atoms with E-state index in [1.54, 1.807) is 12.1 Å². The number of fused-ring (bicyclic) bond motifs is 3. The zero-order valence-corrected chi connectivity index (χ0v) is 20.0. The van der Waals surface area contributed by atoms with E-state index in [-0.39, 0.29) is 5.75 Å². The summed E-state index contributed by atoms with van der Waals surface area (Å²) in [6, 6.07) is 24.9. The largest absolute Gasteiger partial charge is 0.507 e. The third-order valence-electron chi connectivity index (χ3n) is 5.78. The van der Waals surface area contributed by atoms with E-state index in [2.05, 4.69) is 32.6 Å². The first kappa shape index (κ1) is 21.6. The molecule has 33 heavy (non-hydrogen) atoms. The second-order valence-electron chi connectivity index (χ2n) is 7.80. The number of aromatic hydroxyl groups is 1. The van der Waals surface area contributed by atoms with Crippen molar-refractivity contribution in [3.63, 3.8) is 0 Å². The fraction of sp³-hybridized carbons (Fsp3) is 0.0741. The smallest absolute Gasteiger partial charge is 0.338 e. The van der Waals surface area contributed by atoms with E-state index in [1.165, 1.54) is 7.11 Å². The summed E-state index contributed by atoms with van der Waals surface area (Å²) in [5, 5.41) is 13.1. The molecule has 4 nitrogen and oxygen atoms in total. The molecule has 0 saturated heterocycles. The lowest BCUT2D eigenvalue weighted by atomic mass is 10.0. The number of phenols is 1. The molecule has 0 unspecified atom stereocenters. The lowest BCUT2D eigenvalue weighted by molar-refractivity contribution is 0.0603. The van der Waals surface area contributed by atoms with Crippen molar-refractivity contribution in [2.75, 3.05) is 7.11 Å². The average Bonchev–Trinajstić information content (AvgIpc) is 3.13.